The second-order valence-electron chi connectivity index (χ2n) is 4.72. The summed E-state index contributed by atoms with van der Waals surface area (Å²) in [5, 5.41) is 0. The van der Waals surface area contributed by atoms with E-state index in [2.05, 4.69) is 0 Å². The zero-order valence-corrected chi connectivity index (χ0v) is 13.8. The van der Waals surface area contributed by atoms with E-state index in [0.29, 0.717) is 43.3 Å². The van der Waals surface area contributed by atoms with E-state index in [1.165, 1.54) is 11.4 Å². The van der Waals surface area contributed by atoms with E-state index in [-0.39, 0.29) is 11.0 Å². The maximum Gasteiger partial charge on any atom is 0.243 e. The van der Waals surface area contributed by atoms with E-state index >= 15 is 0 Å². The third kappa shape index (κ3) is 3.18. The van der Waals surface area contributed by atoms with Crippen molar-refractivity contribution in [1.82, 2.24) is 4.31 Å². The molecule has 21 heavy (non-hydrogen) atoms. The van der Waals surface area contributed by atoms with Gasteiger partial charge in [-0.1, -0.05) is 6.07 Å². The van der Waals surface area contributed by atoms with Gasteiger partial charge in [0.05, 0.1) is 12.0 Å². The Morgan fingerprint density at radius 3 is 2.81 bits per heavy atom. The van der Waals surface area contributed by atoms with Crippen molar-refractivity contribution in [2.75, 3.05) is 32.7 Å². The number of hydrogen-bond donors (Lipinski definition) is 0. The minimum absolute atomic E-state index is 0.265. The Morgan fingerprint density at radius 2 is 2.19 bits per heavy atom. The van der Waals surface area contributed by atoms with Crippen LogP contribution < -0.4 is 4.74 Å². The highest BCUT2D eigenvalue weighted by Crippen LogP contribution is 2.39. The van der Waals surface area contributed by atoms with E-state index in [4.69, 9.17) is 21.1 Å². The highest BCUT2D eigenvalue weighted by atomic mass is 35.5. The minimum Gasteiger partial charge on any atom is -0.496 e. The van der Waals surface area contributed by atoms with Gasteiger partial charge in [-0.25, -0.2) is 8.42 Å². The molecule has 1 atom stereocenters. The number of rotatable bonds is 6. The van der Waals surface area contributed by atoms with Crippen LogP contribution in [0.25, 0.3) is 0 Å². The van der Waals surface area contributed by atoms with Crippen LogP contribution in [0, 0.1) is 0 Å². The lowest BCUT2D eigenvalue weighted by Gasteiger charge is -2.34. The Labute approximate surface area is 130 Å². The number of ether oxygens (including phenoxy) is 2. The molecule has 0 amide bonds. The number of benzene rings is 1. The Bertz CT molecular complexity index is 591. The van der Waals surface area contributed by atoms with Crippen LogP contribution in [0.3, 0.4) is 0 Å². The monoisotopic (exact) mass is 333 g/mol. The van der Waals surface area contributed by atoms with Gasteiger partial charge in [-0.3, -0.25) is 0 Å². The lowest BCUT2D eigenvalue weighted by molar-refractivity contribution is 0.0411. The van der Waals surface area contributed by atoms with Gasteiger partial charge >= 0.3 is 0 Å². The number of hydrogen-bond acceptors (Lipinski definition) is 4. The maximum absolute atomic E-state index is 12.7. The Hall–Kier alpha value is -0.820. The standard InChI is InChI=1S/C14H20ClNO4S/c1-3-20-12-10-16(9-5-8-15)21(17,18)13-7-4-6-11(19-2)14(12)13/h4,6-7,12H,3,5,8-10H2,1-2H3. The van der Waals surface area contributed by atoms with Crippen LogP contribution in [0.1, 0.15) is 25.0 Å². The molecule has 0 spiro atoms. The van der Waals surface area contributed by atoms with E-state index in [1.807, 2.05) is 6.92 Å². The molecule has 0 saturated heterocycles. The topological polar surface area (TPSA) is 55.8 Å². The average Bonchev–Trinajstić information content (AvgIpc) is 2.48. The molecule has 2 rings (SSSR count). The van der Waals surface area contributed by atoms with E-state index < -0.39 is 10.0 Å². The molecular weight excluding hydrogens is 314 g/mol. The summed E-state index contributed by atoms with van der Waals surface area (Å²) in [6, 6.07) is 5.05. The first kappa shape index (κ1) is 16.5. The summed E-state index contributed by atoms with van der Waals surface area (Å²) in [4.78, 5) is 0.265. The summed E-state index contributed by atoms with van der Waals surface area (Å²) < 4.78 is 37.9. The van der Waals surface area contributed by atoms with Crippen LogP contribution >= 0.6 is 11.6 Å². The van der Waals surface area contributed by atoms with Crippen molar-refractivity contribution in [3.63, 3.8) is 0 Å². The Balaban J connectivity index is 2.50. The normalized spacial score (nSPS) is 21.0. The molecule has 1 aromatic carbocycles. The molecule has 0 fully saturated rings. The average molecular weight is 334 g/mol. The lowest BCUT2D eigenvalue weighted by Crippen LogP contribution is -2.41. The van der Waals surface area contributed by atoms with Gasteiger partial charge in [0.1, 0.15) is 11.9 Å². The lowest BCUT2D eigenvalue weighted by atomic mass is 10.1. The quantitative estimate of drug-likeness (QED) is 0.750. The predicted octanol–water partition coefficient (Wildman–Crippen LogP) is 2.41. The minimum atomic E-state index is -3.52. The van der Waals surface area contributed by atoms with Crippen molar-refractivity contribution >= 4 is 21.6 Å². The van der Waals surface area contributed by atoms with Gasteiger partial charge in [-0.15, -0.1) is 11.6 Å². The summed E-state index contributed by atoms with van der Waals surface area (Å²) in [5.74, 6) is 0.975. The van der Waals surface area contributed by atoms with Gasteiger partial charge in [0.2, 0.25) is 10.0 Å². The number of sulfonamides is 1. The third-order valence-electron chi connectivity index (χ3n) is 3.46. The summed E-state index contributed by atoms with van der Waals surface area (Å²) in [6.07, 6.45) is 0.291. The van der Waals surface area contributed by atoms with Gasteiger partial charge in [-0.2, -0.15) is 4.31 Å². The largest absolute Gasteiger partial charge is 0.496 e. The highest BCUT2D eigenvalue weighted by Gasteiger charge is 2.38. The second kappa shape index (κ2) is 6.96. The van der Waals surface area contributed by atoms with Crippen LogP contribution in [0.5, 0.6) is 5.75 Å². The van der Waals surface area contributed by atoms with E-state index in [0.717, 1.165) is 0 Å². The molecule has 0 bridgehead atoms. The third-order valence-corrected chi connectivity index (χ3v) is 5.65. The molecule has 0 saturated carbocycles. The molecule has 118 valence electrons. The van der Waals surface area contributed by atoms with Crippen molar-refractivity contribution in [1.29, 1.82) is 0 Å². The summed E-state index contributed by atoms with van der Waals surface area (Å²) in [6.45, 7) is 3.08. The molecular formula is C14H20ClNO4S. The fourth-order valence-electron chi connectivity index (χ4n) is 2.54. The molecule has 1 aliphatic heterocycles. The number of nitrogens with zero attached hydrogens (tertiary/aromatic N) is 1. The molecule has 0 aliphatic carbocycles. The molecule has 0 N–H and O–H groups in total. The molecule has 1 unspecified atom stereocenters. The van der Waals surface area contributed by atoms with E-state index in [9.17, 15) is 8.42 Å². The molecule has 0 radical (unpaired) electrons. The van der Waals surface area contributed by atoms with Crippen molar-refractivity contribution in [2.45, 2.75) is 24.3 Å². The van der Waals surface area contributed by atoms with Crippen LogP contribution in [0.2, 0.25) is 0 Å². The second-order valence-corrected chi connectivity index (χ2v) is 7.01. The van der Waals surface area contributed by atoms with Gasteiger partial charge in [0.25, 0.3) is 0 Å². The highest BCUT2D eigenvalue weighted by molar-refractivity contribution is 7.89. The van der Waals surface area contributed by atoms with Crippen molar-refractivity contribution in [3.05, 3.63) is 23.8 Å². The van der Waals surface area contributed by atoms with Gasteiger partial charge in [-0.05, 0) is 25.5 Å². The zero-order chi connectivity index (χ0) is 15.5. The summed E-state index contributed by atoms with van der Waals surface area (Å²) in [7, 11) is -1.99. The first-order valence-corrected chi connectivity index (χ1v) is 8.88. The predicted molar refractivity (Wildman–Crippen MR) is 81.5 cm³/mol. The SMILES string of the molecule is CCOC1CN(CCCCl)S(=O)(=O)c2cccc(OC)c21. The Kier molecular flexibility index (Phi) is 5.48. The molecule has 1 aromatic rings. The van der Waals surface area contributed by atoms with Crippen molar-refractivity contribution in [3.8, 4) is 5.75 Å². The van der Waals surface area contributed by atoms with Gasteiger partial charge in [0, 0.05) is 31.1 Å². The molecule has 7 heteroatoms. The van der Waals surface area contributed by atoms with E-state index in [1.54, 1.807) is 18.2 Å². The smallest absolute Gasteiger partial charge is 0.243 e. The van der Waals surface area contributed by atoms with Crippen LogP contribution in [0.4, 0.5) is 0 Å². The van der Waals surface area contributed by atoms with Crippen molar-refractivity contribution < 1.29 is 17.9 Å². The fourth-order valence-corrected chi connectivity index (χ4v) is 4.40. The molecule has 1 aliphatic rings. The summed E-state index contributed by atoms with van der Waals surface area (Å²) in [5.41, 5.74) is 0.615. The molecule has 0 aromatic heterocycles. The summed E-state index contributed by atoms with van der Waals surface area (Å²) >= 11 is 5.69. The first-order valence-electron chi connectivity index (χ1n) is 6.90. The number of fused-ring (bicyclic) bond motifs is 1. The van der Waals surface area contributed by atoms with Gasteiger partial charge in [0.15, 0.2) is 0 Å². The Morgan fingerprint density at radius 1 is 1.43 bits per heavy atom. The van der Waals surface area contributed by atoms with Crippen LogP contribution in [-0.2, 0) is 14.8 Å². The van der Waals surface area contributed by atoms with Crippen LogP contribution in [0.15, 0.2) is 23.1 Å². The zero-order valence-electron chi connectivity index (χ0n) is 12.2. The number of halogens is 1. The number of alkyl halides is 1. The van der Waals surface area contributed by atoms with Gasteiger partial charge < -0.3 is 9.47 Å². The first-order chi connectivity index (χ1) is 10.1. The molecule has 5 nitrogen and oxygen atoms in total. The fraction of sp³-hybridized carbons (Fsp3) is 0.571. The number of methoxy groups -OCH3 is 1. The van der Waals surface area contributed by atoms with Crippen LogP contribution in [-0.4, -0.2) is 45.4 Å². The van der Waals surface area contributed by atoms with Crippen molar-refractivity contribution in [2.24, 2.45) is 0 Å². The maximum atomic E-state index is 12.7. The molecule has 1 heterocycles.